The summed E-state index contributed by atoms with van der Waals surface area (Å²) in [5.74, 6) is 0. The van der Waals surface area contributed by atoms with E-state index in [1.54, 1.807) is 36.7 Å². The summed E-state index contributed by atoms with van der Waals surface area (Å²) in [6.07, 6.45) is 3.50. The van der Waals surface area contributed by atoms with Gasteiger partial charge in [0.1, 0.15) is 12.1 Å². The molecule has 4 aromatic rings. The van der Waals surface area contributed by atoms with Crippen molar-refractivity contribution in [3.63, 3.8) is 0 Å². The molecule has 0 aliphatic heterocycles. The highest BCUT2D eigenvalue weighted by atomic mass is 16.6. The van der Waals surface area contributed by atoms with Crippen molar-refractivity contribution in [2.24, 2.45) is 9.98 Å². The molecule has 0 spiro atoms. The van der Waals surface area contributed by atoms with Crippen molar-refractivity contribution in [3.8, 4) is 0 Å². The molecule has 0 fully saturated rings. The molecule has 0 amide bonds. The molecule has 4 rings (SSSR count). The fourth-order valence-electron chi connectivity index (χ4n) is 5.64. The van der Waals surface area contributed by atoms with Crippen molar-refractivity contribution >= 4 is 23.8 Å². The lowest BCUT2D eigenvalue weighted by Gasteiger charge is -2.28. The Kier molecular flexibility index (Phi) is 9.06. The average molecular weight is 563 g/mol. The van der Waals surface area contributed by atoms with E-state index in [1.807, 2.05) is 0 Å². The lowest BCUT2D eigenvalue weighted by atomic mass is 9.84. The Morgan fingerprint density at radius 2 is 0.833 bits per heavy atom. The van der Waals surface area contributed by atoms with Gasteiger partial charge in [0, 0.05) is 36.7 Å². The van der Waals surface area contributed by atoms with Crippen LogP contribution in [0.5, 0.6) is 0 Å². The molecule has 0 aliphatic carbocycles. The quantitative estimate of drug-likeness (QED) is 0.116. The number of nitro groups is 2. The van der Waals surface area contributed by atoms with Gasteiger partial charge in [-0.2, -0.15) is 0 Å². The third kappa shape index (κ3) is 6.83. The van der Waals surface area contributed by atoms with Gasteiger partial charge in [0.05, 0.1) is 9.85 Å². The minimum Gasteiger partial charge on any atom is -0.282 e. The summed E-state index contributed by atoms with van der Waals surface area (Å²) in [6, 6.07) is 20.3. The molecule has 42 heavy (non-hydrogen) atoms. The Labute approximate surface area is 245 Å². The monoisotopic (exact) mass is 562 g/mol. The second kappa shape index (κ2) is 12.7. The van der Waals surface area contributed by atoms with Crippen LogP contribution in [0.15, 0.2) is 82.8 Å². The van der Waals surface area contributed by atoms with Crippen molar-refractivity contribution in [1.29, 1.82) is 0 Å². The zero-order valence-corrected chi connectivity index (χ0v) is 24.7. The van der Waals surface area contributed by atoms with Crippen LogP contribution in [-0.4, -0.2) is 22.3 Å². The van der Waals surface area contributed by atoms with Crippen LogP contribution < -0.4 is 0 Å². The minimum absolute atomic E-state index is 0.0189. The van der Waals surface area contributed by atoms with Gasteiger partial charge in [-0.3, -0.25) is 30.2 Å². The fourth-order valence-corrected chi connectivity index (χ4v) is 5.64. The molecule has 0 bridgehead atoms. The molecule has 4 aromatic carbocycles. The number of rotatable bonds is 9. The molecule has 2 atom stereocenters. The van der Waals surface area contributed by atoms with E-state index in [0.717, 1.165) is 55.6 Å². The van der Waals surface area contributed by atoms with Crippen molar-refractivity contribution in [2.45, 2.75) is 53.6 Å². The minimum atomic E-state index is -0.422. The summed E-state index contributed by atoms with van der Waals surface area (Å²) >= 11 is 0. The van der Waals surface area contributed by atoms with Gasteiger partial charge in [-0.05, 0) is 110 Å². The van der Waals surface area contributed by atoms with Crippen LogP contribution >= 0.6 is 0 Å². The Morgan fingerprint density at radius 1 is 0.548 bits per heavy atom. The maximum Gasteiger partial charge on any atom is 0.269 e. The molecular formula is C34H34N4O4. The molecule has 0 heterocycles. The van der Waals surface area contributed by atoms with Crippen LogP contribution in [0.4, 0.5) is 11.4 Å². The number of nitrogens with zero attached hydrogens (tertiary/aromatic N) is 4. The van der Waals surface area contributed by atoms with Gasteiger partial charge >= 0.3 is 0 Å². The summed E-state index contributed by atoms with van der Waals surface area (Å²) in [5.41, 5.74) is 10.3. The van der Waals surface area contributed by atoms with Crippen molar-refractivity contribution in [3.05, 3.63) is 149 Å². The molecule has 0 unspecified atom stereocenters. The normalized spacial score (nSPS) is 13.0. The second-order valence-electron chi connectivity index (χ2n) is 10.8. The van der Waals surface area contributed by atoms with Gasteiger partial charge < -0.3 is 0 Å². The van der Waals surface area contributed by atoms with Crippen LogP contribution in [0, 0.1) is 61.8 Å². The van der Waals surface area contributed by atoms with Crippen LogP contribution in [0.3, 0.4) is 0 Å². The van der Waals surface area contributed by atoms with E-state index in [0.29, 0.717) is 0 Å². The molecule has 0 aliphatic rings. The van der Waals surface area contributed by atoms with Crippen LogP contribution in [0.1, 0.15) is 67.7 Å². The number of hydrogen-bond acceptors (Lipinski definition) is 6. The fraction of sp³-hybridized carbons (Fsp3) is 0.235. The standard InChI is InChI=1S/C34H34N4O4/c1-21-15-23(3)31(24(4)16-21)33(35-19-27-7-11-29(12-8-27)37(39)40)34(32-25(5)17-22(2)18-26(32)6)36-20-28-9-13-30(14-10-28)38(41)42/h7-20,33-34H,1-6H3/t33-,34-/m0/s1. The average Bonchev–Trinajstić information content (AvgIpc) is 2.92. The predicted molar refractivity (Wildman–Crippen MR) is 168 cm³/mol. The Balaban J connectivity index is 1.92. The van der Waals surface area contributed by atoms with Crippen molar-refractivity contribution < 1.29 is 9.85 Å². The number of nitro benzene ring substituents is 2. The van der Waals surface area contributed by atoms with Crippen LogP contribution in [-0.2, 0) is 0 Å². The summed E-state index contributed by atoms with van der Waals surface area (Å²) in [5, 5.41) is 22.3. The highest BCUT2D eigenvalue weighted by Gasteiger charge is 2.29. The summed E-state index contributed by atoms with van der Waals surface area (Å²) in [7, 11) is 0. The van der Waals surface area contributed by atoms with Gasteiger partial charge in [-0.1, -0.05) is 35.4 Å². The number of hydrogen-bond donors (Lipinski definition) is 0. The van der Waals surface area contributed by atoms with E-state index < -0.39 is 21.9 Å². The molecule has 0 radical (unpaired) electrons. The summed E-state index contributed by atoms with van der Waals surface area (Å²) < 4.78 is 0. The highest BCUT2D eigenvalue weighted by molar-refractivity contribution is 5.81. The Morgan fingerprint density at radius 3 is 1.10 bits per heavy atom. The topological polar surface area (TPSA) is 111 Å². The maximum absolute atomic E-state index is 11.2. The molecule has 214 valence electrons. The Bertz CT molecular complexity index is 1520. The van der Waals surface area contributed by atoms with Crippen LogP contribution in [0.25, 0.3) is 0 Å². The van der Waals surface area contributed by atoms with Gasteiger partial charge in [-0.15, -0.1) is 0 Å². The largest absolute Gasteiger partial charge is 0.282 e. The summed E-state index contributed by atoms with van der Waals surface area (Å²) in [6.45, 7) is 12.5. The zero-order chi connectivity index (χ0) is 30.6. The van der Waals surface area contributed by atoms with Gasteiger partial charge in [-0.25, -0.2) is 0 Å². The first-order valence-electron chi connectivity index (χ1n) is 13.7. The third-order valence-electron chi connectivity index (χ3n) is 7.34. The number of benzene rings is 4. The SMILES string of the molecule is Cc1cc(C)c([C@H](N=Cc2ccc([N+](=O)[O-])cc2)[C@@H](N=Cc2ccc([N+](=O)[O-])cc2)c2c(C)cc(C)cc2C)c(C)c1. The highest BCUT2D eigenvalue weighted by Crippen LogP contribution is 2.41. The molecule has 0 aromatic heterocycles. The molecular weight excluding hydrogens is 528 g/mol. The molecule has 0 saturated heterocycles. The van der Waals surface area contributed by atoms with E-state index in [2.05, 4.69) is 65.8 Å². The number of non-ortho nitro benzene ring substituents is 2. The number of aryl methyl sites for hydroxylation is 6. The summed E-state index contributed by atoms with van der Waals surface area (Å²) in [4.78, 5) is 31.7. The van der Waals surface area contributed by atoms with E-state index in [9.17, 15) is 20.2 Å². The van der Waals surface area contributed by atoms with Crippen LogP contribution in [0.2, 0.25) is 0 Å². The predicted octanol–water partition coefficient (Wildman–Crippen LogP) is 8.37. The lowest BCUT2D eigenvalue weighted by Crippen LogP contribution is -2.15. The Hall–Kier alpha value is -4.98. The first-order chi connectivity index (χ1) is 19.9. The van der Waals surface area contributed by atoms with Gasteiger partial charge in [0.2, 0.25) is 0 Å². The zero-order valence-electron chi connectivity index (χ0n) is 24.7. The van der Waals surface area contributed by atoms with Crippen molar-refractivity contribution in [1.82, 2.24) is 0 Å². The molecule has 8 nitrogen and oxygen atoms in total. The van der Waals surface area contributed by atoms with E-state index in [-0.39, 0.29) is 11.4 Å². The molecule has 0 N–H and O–H groups in total. The van der Waals surface area contributed by atoms with Gasteiger partial charge in [0.25, 0.3) is 11.4 Å². The lowest BCUT2D eigenvalue weighted by molar-refractivity contribution is -0.385. The van der Waals surface area contributed by atoms with E-state index in [4.69, 9.17) is 9.98 Å². The third-order valence-corrected chi connectivity index (χ3v) is 7.34. The first kappa shape index (κ1) is 30.0. The number of aliphatic imine (C=N–C) groups is 2. The smallest absolute Gasteiger partial charge is 0.269 e. The molecule has 0 saturated carbocycles. The van der Waals surface area contributed by atoms with E-state index >= 15 is 0 Å². The van der Waals surface area contributed by atoms with Gasteiger partial charge in [0.15, 0.2) is 0 Å². The van der Waals surface area contributed by atoms with E-state index in [1.165, 1.54) is 24.3 Å². The second-order valence-corrected chi connectivity index (χ2v) is 10.8. The van der Waals surface area contributed by atoms with Crippen molar-refractivity contribution in [2.75, 3.05) is 0 Å². The first-order valence-corrected chi connectivity index (χ1v) is 13.7. The maximum atomic E-state index is 11.2. The molecule has 8 heteroatoms.